The lowest BCUT2D eigenvalue weighted by Gasteiger charge is -2.15. The molecule has 0 fully saturated rings. The summed E-state index contributed by atoms with van der Waals surface area (Å²) >= 11 is 7.40. The van der Waals surface area contributed by atoms with E-state index in [1.165, 1.54) is 17.8 Å². The molecule has 1 unspecified atom stereocenters. The number of thioether (sulfide) groups is 1. The molecule has 1 aliphatic heterocycles. The fourth-order valence-electron chi connectivity index (χ4n) is 3.50. The van der Waals surface area contributed by atoms with Crippen molar-refractivity contribution in [2.24, 2.45) is 0 Å². The largest absolute Gasteiger partial charge is 0.491 e. The maximum absolute atomic E-state index is 12.3. The summed E-state index contributed by atoms with van der Waals surface area (Å²) in [6.07, 6.45) is 6.82. The van der Waals surface area contributed by atoms with E-state index < -0.39 is 0 Å². The predicted molar refractivity (Wildman–Crippen MR) is 137 cm³/mol. The van der Waals surface area contributed by atoms with Crippen molar-refractivity contribution in [3.63, 3.8) is 0 Å². The van der Waals surface area contributed by atoms with Crippen LogP contribution in [0.25, 0.3) is 11.4 Å². The maximum Gasteiger partial charge on any atom is 0.257 e. The average molecular weight is 515 g/mol. The molecule has 1 N–H and O–H groups in total. The zero-order valence-corrected chi connectivity index (χ0v) is 21.1. The van der Waals surface area contributed by atoms with Gasteiger partial charge >= 0.3 is 0 Å². The molecule has 3 heterocycles. The van der Waals surface area contributed by atoms with Crippen molar-refractivity contribution in [3.8, 4) is 17.1 Å². The van der Waals surface area contributed by atoms with Crippen molar-refractivity contribution in [1.82, 2.24) is 29.8 Å². The fraction of sp³-hybridized carbons (Fsp3) is 0.333. The second-order valence-corrected chi connectivity index (χ2v) is 10.3. The highest BCUT2D eigenvalue weighted by molar-refractivity contribution is 8.05. The standard InChI is InChI=1S/C24H27ClN6O3S/c1-29(2)11-5-13-34-20-14-18(30-12-4-3-6-23(30)32)7-8-19(20)31-16-17(27-28-31)15-26-24(33)21-9-10-22(25)35-21/h3-4,6-9,12,14,16,22H,5,10-11,13,15H2,1-2H3,(H,26,33). The minimum absolute atomic E-state index is 0.0949. The van der Waals surface area contributed by atoms with Gasteiger partial charge in [0.05, 0.1) is 34.7 Å². The van der Waals surface area contributed by atoms with Crippen LogP contribution in [0.4, 0.5) is 0 Å². The second kappa shape index (κ2) is 11.6. The number of rotatable bonds is 10. The van der Waals surface area contributed by atoms with E-state index in [4.69, 9.17) is 16.3 Å². The summed E-state index contributed by atoms with van der Waals surface area (Å²) in [6, 6.07) is 10.5. The van der Waals surface area contributed by atoms with Crippen molar-refractivity contribution >= 4 is 29.3 Å². The summed E-state index contributed by atoms with van der Waals surface area (Å²) in [7, 11) is 4.03. The van der Waals surface area contributed by atoms with E-state index in [1.807, 2.05) is 38.4 Å². The summed E-state index contributed by atoms with van der Waals surface area (Å²) in [5.41, 5.74) is 1.85. The summed E-state index contributed by atoms with van der Waals surface area (Å²) in [6.45, 7) is 1.63. The van der Waals surface area contributed by atoms with E-state index in [-0.39, 0.29) is 22.7 Å². The molecule has 9 nitrogen and oxygen atoms in total. The number of nitrogens with one attached hydrogen (secondary N) is 1. The quantitative estimate of drug-likeness (QED) is 0.328. The number of allylic oxidation sites excluding steroid dienone is 1. The molecule has 1 atom stereocenters. The number of amides is 1. The van der Waals surface area contributed by atoms with Gasteiger partial charge in [0.2, 0.25) is 0 Å². The lowest BCUT2D eigenvalue weighted by molar-refractivity contribution is -0.117. The molecule has 0 saturated heterocycles. The first-order chi connectivity index (χ1) is 16.9. The van der Waals surface area contributed by atoms with Crippen molar-refractivity contribution in [2.45, 2.75) is 24.1 Å². The van der Waals surface area contributed by atoms with Gasteiger partial charge in [-0.1, -0.05) is 17.4 Å². The summed E-state index contributed by atoms with van der Waals surface area (Å²) in [4.78, 5) is 27.3. The molecular formula is C24H27ClN6O3S. The number of benzene rings is 1. The third-order valence-electron chi connectivity index (χ3n) is 5.24. The number of ether oxygens (including phenoxy) is 1. The van der Waals surface area contributed by atoms with Crippen molar-refractivity contribution < 1.29 is 9.53 Å². The number of halogens is 1. The molecule has 0 radical (unpaired) electrons. The second-order valence-electron chi connectivity index (χ2n) is 8.24. The maximum atomic E-state index is 12.3. The van der Waals surface area contributed by atoms with Crippen LogP contribution in [0.3, 0.4) is 0 Å². The highest BCUT2D eigenvalue weighted by Gasteiger charge is 2.21. The van der Waals surface area contributed by atoms with Gasteiger partial charge in [-0.3, -0.25) is 14.2 Å². The number of hydrogen-bond acceptors (Lipinski definition) is 7. The molecule has 3 aromatic rings. The molecule has 11 heteroatoms. The average Bonchev–Trinajstić information content (AvgIpc) is 3.49. The first-order valence-electron chi connectivity index (χ1n) is 11.2. The molecule has 1 aromatic carbocycles. The first kappa shape index (κ1) is 25.0. The number of nitrogens with zero attached hydrogens (tertiary/aromatic N) is 5. The van der Waals surface area contributed by atoms with Gasteiger partial charge < -0.3 is 15.0 Å². The van der Waals surface area contributed by atoms with Gasteiger partial charge in [-0.05, 0) is 45.1 Å². The normalized spacial score (nSPS) is 15.3. The van der Waals surface area contributed by atoms with Crippen LogP contribution in [0.15, 0.2) is 64.6 Å². The summed E-state index contributed by atoms with van der Waals surface area (Å²) in [5.74, 6) is 0.411. The van der Waals surface area contributed by atoms with Crippen LogP contribution < -0.4 is 15.6 Å². The van der Waals surface area contributed by atoms with Gasteiger partial charge in [-0.2, -0.15) is 0 Å². The molecule has 0 bridgehead atoms. The third kappa shape index (κ3) is 6.53. The number of carbonyl (C=O) groups excluding carboxylic acids is 1. The number of hydrogen-bond donors (Lipinski definition) is 1. The van der Waals surface area contributed by atoms with E-state index in [2.05, 4.69) is 20.5 Å². The van der Waals surface area contributed by atoms with Crippen LogP contribution in [0, 0.1) is 0 Å². The van der Waals surface area contributed by atoms with Gasteiger partial charge in [0.1, 0.15) is 17.1 Å². The molecule has 1 amide bonds. The fourth-order valence-corrected chi connectivity index (χ4v) is 4.71. The third-order valence-corrected chi connectivity index (χ3v) is 6.74. The monoisotopic (exact) mass is 514 g/mol. The lowest BCUT2D eigenvalue weighted by atomic mass is 10.2. The Kier molecular flexibility index (Phi) is 8.27. The Labute approximate surface area is 212 Å². The predicted octanol–water partition coefficient (Wildman–Crippen LogP) is 2.95. The Bertz CT molecular complexity index is 1270. The van der Waals surface area contributed by atoms with Crippen LogP contribution in [-0.4, -0.2) is 62.3 Å². The van der Waals surface area contributed by atoms with Crippen LogP contribution in [0.5, 0.6) is 5.75 Å². The van der Waals surface area contributed by atoms with Crippen LogP contribution in [0.2, 0.25) is 0 Å². The number of aromatic nitrogens is 4. The SMILES string of the molecule is CN(C)CCCOc1cc(-n2ccccc2=O)ccc1-n1cc(CNC(=O)C2=CCC(Cl)S2)nn1. The van der Waals surface area contributed by atoms with Crippen molar-refractivity contribution in [3.05, 3.63) is 75.8 Å². The van der Waals surface area contributed by atoms with E-state index in [9.17, 15) is 9.59 Å². The molecule has 4 rings (SSSR count). The molecule has 0 aliphatic carbocycles. The van der Waals surface area contributed by atoms with Crippen LogP contribution in [-0.2, 0) is 11.3 Å². The topological polar surface area (TPSA) is 94.3 Å². The molecular weight excluding hydrogens is 488 g/mol. The molecule has 0 spiro atoms. The van der Waals surface area contributed by atoms with Gasteiger partial charge in [-0.15, -0.1) is 28.5 Å². The Hall–Kier alpha value is -3.08. The zero-order valence-electron chi connectivity index (χ0n) is 19.6. The Morgan fingerprint density at radius 2 is 2.17 bits per heavy atom. The van der Waals surface area contributed by atoms with Gasteiger partial charge in [-0.25, -0.2) is 4.68 Å². The van der Waals surface area contributed by atoms with E-state index in [0.717, 1.165) is 13.0 Å². The number of carbonyl (C=O) groups is 1. The molecule has 0 saturated carbocycles. The molecule has 2 aromatic heterocycles. The van der Waals surface area contributed by atoms with Crippen LogP contribution >= 0.6 is 23.4 Å². The van der Waals surface area contributed by atoms with Crippen LogP contribution in [0.1, 0.15) is 18.5 Å². The number of pyridine rings is 1. The van der Waals surface area contributed by atoms with E-state index in [0.29, 0.717) is 40.8 Å². The smallest absolute Gasteiger partial charge is 0.257 e. The Morgan fingerprint density at radius 3 is 2.91 bits per heavy atom. The van der Waals surface area contributed by atoms with Gasteiger partial charge in [0.15, 0.2) is 0 Å². The molecule has 184 valence electrons. The van der Waals surface area contributed by atoms with Crippen molar-refractivity contribution in [1.29, 1.82) is 0 Å². The lowest BCUT2D eigenvalue weighted by Crippen LogP contribution is -2.23. The summed E-state index contributed by atoms with van der Waals surface area (Å²) in [5, 5.41) is 11.3. The molecule has 35 heavy (non-hydrogen) atoms. The highest BCUT2D eigenvalue weighted by Crippen LogP contribution is 2.34. The zero-order chi connectivity index (χ0) is 24.8. The minimum Gasteiger partial charge on any atom is -0.491 e. The minimum atomic E-state index is -0.171. The summed E-state index contributed by atoms with van der Waals surface area (Å²) < 4.78 is 9.18. The first-order valence-corrected chi connectivity index (χ1v) is 12.5. The van der Waals surface area contributed by atoms with Gasteiger partial charge in [0.25, 0.3) is 11.5 Å². The van der Waals surface area contributed by atoms with Gasteiger partial charge in [0, 0.05) is 24.9 Å². The van der Waals surface area contributed by atoms with Crippen molar-refractivity contribution in [2.75, 3.05) is 27.2 Å². The highest BCUT2D eigenvalue weighted by atomic mass is 35.5. The van der Waals surface area contributed by atoms with E-state index in [1.54, 1.807) is 33.8 Å². The Balaban J connectivity index is 1.52. The Morgan fingerprint density at radius 1 is 1.31 bits per heavy atom. The van der Waals surface area contributed by atoms with E-state index >= 15 is 0 Å². The molecule has 1 aliphatic rings. The number of alkyl halides is 1.